The number of nitro benzene ring substituents is 1. The van der Waals surface area contributed by atoms with Crippen molar-refractivity contribution in [3.05, 3.63) is 48.9 Å². The topological polar surface area (TPSA) is 80.4 Å². The summed E-state index contributed by atoms with van der Waals surface area (Å²) in [7, 11) is 0. The van der Waals surface area contributed by atoms with Crippen LogP contribution in [0.4, 0.5) is 10.8 Å². The van der Waals surface area contributed by atoms with Gasteiger partial charge in [-0.25, -0.2) is 4.98 Å². The van der Waals surface area contributed by atoms with Gasteiger partial charge in [0.2, 0.25) is 5.13 Å². The molecular formula is C11H8Cl2N4O2S. The van der Waals surface area contributed by atoms with E-state index in [4.69, 9.17) is 23.2 Å². The van der Waals surface area contributed by atoms with Crippen LogP contribution in [0.25, 0.3) is 0 Å². The van der Waals surface area contributed by atoms with Crippen LogP contribution in [-0.2, 0) is 0 Å². The van der Waals surface area contributed by atoms with Crippen molar-refractivity contribution in [2.45, 2.75) is 6.92 Å². The van der Waals surface area contributed by atoms with Gasteiger partial charge in [0.05, 0.1) is 22.4 Å². The van der Waals surface area contributed by atoms with Crippen molar-refractivity contribution >= 4 is 51.6 Å². The van der Waals surface area contributed by atoms with Crippen LogP contribution in [0.2, 0.25) is 10.0 Å². The zero-order chi connectivity index (χ0) is 14.7. The van der Waals surface area contributed by atoms with E-state index in [1.165, 1.54) is 29.7 Å². The lowest BCUT2D eigenvalue weighted by Gasteiger charge is -2.01. The van der Waals surface area contributed by atoms with Gasteiger partial charge in [0.25, 0.3) is 5.69 Å². The Hall–Kier alpha value is -1.70. The van der Waals surface area contributed by atoms with Crippen molar-refractivity contribution in [3.63, 3.8) is 0 Å². The fraction of sp³-hybridized carbons (Fsp3) is 0.0909. The zero-order valence-corrected chi connectivity index (χ0v) is 12.5. The molecule has 0 saturated carbocycles. The first-order valence-electron chi connectivity index (χ1n) is 5.32. The van der Waals surface area contributed by atoms with Gasteiger partial charge in [-0.3, -0.25) is 15.5 Å². The Morgan fingerprint density at radius 1 is 1.50 bits per heavy atom. The summed E-state index contributed by atoms with van der Waals surface area (Å²) in [4.78, 5) is 14.5. The molecule has 0 aliphatic rings. The number of nitro groups is 1. The van der Waals surface area contributed by atoms with Crippen molar-refractivity contribution < 1.29 is 4.92 Å². The summed E-state index contributed by atoms with van der Waals surface area (Å²) in [6, 6.07) is 2.74. The normalized spacial score (nSPS) is 10.9. The highest BCUT2D eigenvalue weighted by molar-refractivity contribution is 7.13. The summed E-state index contributed by atoms with van der Waals surface area (Å²) < 4.78 is 0. The number of hydrogen-bond acceptors (Lipinski definition) is 6. The largest absolute Gasteiger partial charge is 0.296 e. The molecule has 9 heteroatoms. The number of halogens is 2. The summed E-state index contributed by atoms with van der Waals surface area (Å²) in [5, 5.41) is 17.6. The van der Waals surface area contributed by atoms with Crippen LogP contribution in [0.1, 0.15) is 11.3 Å². The van der Waals surface area contributed by atoms with Crippen molar-refractivity contribution in [2.24, 2.45) is 5.10 Å². The summed E-state index contributed by atoms with van der Waals surface area (Å²) in [6.45, 7) is 1.85. The van der Waals surface area contributed by atoms with Crippen LogP contribution in [0.3, 0.4) is 0 Å². The summed E-state index contributed by atoms with van der Waals surface area (Å²) >= 11 is 13.0. The first-order chi connectivity index (χ1) is 9.47. The quantitative estimate of drug-likeness (QED) is 0.519. The van der Waals surface area contributed by atoms with E-state index in [1.807, 2.05) is 12.3 Å². The summed E-state index contributed by atoms with van der Waals surface area (Å²) in [5.74, 6) is 0. The maximum Gasteiger partial charge on any atom is 0.296 e. The predicted octanol–water partition coefficient (Wildman–Crippen LogP) is 4.11. The summed E-state index contributed by atoms with van der Waals surface area (Å²) in [5.41, 5.74) is 3.53. The van der Waals surface area contributed by atoms with Gasteiger partial charge in [-0.15, -0.1) is 11.3 Å². The SMILES string of the molecule is Cc1csc(NN=Cc2cc(Cl)cc(Cl)c2[N+](=O)[O-])n1. The van der Waals surface area contributed by atoms with Crippen LogP contribution in [0, 0.1) is 17.0 Å². The number of rotatable bonds is 4. The molecule has 1 heterocycles. The standard InChI is InChI=1S/C11H8Cl2N4O2S/c1-6-5-20-11(15-6)16-14-4-7-2-8(12)3-9(13)10(7)17(18)19/h2-5H,1H3,(H,15,16). The number of aryl methyl sites for hydroxylation is 1. The highest BCUT2D eigenvalue weighted by atomic mass is 35.5. The molecular weight excluding hydrogens is 323 g/mol. The molecule has 1 N–H and O–H groups in total. The Labute approximate surface area is 128 Å². The lowest BCUT2D eigenvalue weighted by Crippen LogP contribution is -1.97. The minimum Gasteiger partial charge on any atom is -0.258 e. The molecule has 2 rings (SSSR count). The zero-order valence-electron chi connectivity index (χ0n) is 10.1. The molecule has 6 nitrogen and oxygen atoms in total. The van der Waals surface area contributed by atoms with Crippen LogP contribution in [-0.4, -0.2) is 16.1 Å². The molecule has 104 valence electrons. The number of hydrazone groups is 1. The molecule has 0 atom stereocenters. The molecule has 0 bridgehead atoms. The second-order valence-corrected chi connectivity index (χ2v) is 5.45. The molecule has 0 saturated heterocycles. The fourth-order valence-corrected chi connectivity index (χ4v) is 2.65. The molecule has 0 spiro atoms. The maximum absolute atomic E-state index is 11.0. The Bertz CT molecular complexity index is 687. The van der Waals surface area contributed by atoms with Gasteiger partial charge in [-0.2, -0.15) is 5.10 Å². The number of aromatic nitrogens is 1. The molecule has 0 aliphatic heterocycles. The van der Waals surface area contributed by atoms with Gasteiger partial charge in [0, 0.05) is 10.4 Å². The number of anilines is 1. The Kier molecular flexibility index (Phi) is 4.53. The average Bonchev–Trinajstić information content (AvgIpc) is 2.73. The van der Waals surface area contributed by atoms with E-state index in [1.54, 1.807) is 0 Å². The molecule has 0 radical (unpaired) electrons. The minimum atomic E-state index is -0.576. The van der Waals surface area contributed by atoms with Gasteiger partial charge in [-0.05, 0) is 19.1 Å². The van der Waals surface area contributed by atoms with E-state index in [0.717, 1.165) is 5.69 Å². The number of hydrogen-bond donors (Lipinski definition) is 1. The second kappa shape index (κ2) is 6.17. The van der Waals surface area contributed by atoms with Crippen molar-refractivity contribution in [3.8, 4) is 0 Å². The fourth-order valence-electron chi connectivity index (χ4n) is 1.44. The smallest absolute Gasteiger partial charge is 0.258 e. The number of nitrogens with one attached hydrogen (secondary N) is 1. The van der Waals surface area contributed by atoms with Crippen molar-refractivity contribution in [2.75, 3.05) is 5.43 Å². The Morgan fingerprint density at radius 3 is 2.85 bits per heavy atom. The van der Waals surface area contributed by atoms with E-state index in [-0.39, 0.29) is 16.3 Å². The van der Waals surface area contributed by atoms with Crippen LogP contribution in [0.15, 0.2) is 22.6 Å². The van der Waals surface area contributed by atoms with Crippen LogP contribution in [0.5, 0.6) is 0 Å². The third-order valence-electron chi connectivity index (χ3n) is 2.22. The van der Waals surface area contributed by atoms with Gasteiger partial charge in [-0.1, -0.05) is 23.2 Å². The molecule has 1 aromatic heterocycles. The van der Waals surface area contributed by atoms with Crippen LogP contribution >= 0.6 is 34.5 Å². The average molecular weight is 331 g/mol. The van der Waals surface area contributed by atoms with E-state index < -0.39 is 4.92 Å². The van der Waals surface area contributed by atoms with E-state index >= 15 is 0 Å². The molecule has 20 heavy (non-hydrogen) atoms. The predicted molar refractivity (Wildman–Crippen MR) is 81.2 cm³/mol. The molecule has 0 fully saturated rings. The third kappa shape index (κ3) is 3.44. The Balaban J connectivity index is 2.26. The molecule has 2 aromatic rings. The Morgan fingerprint density at radius 2 is 2.25 bits per heavy atom. The van der Waals surface area contributed by atoms with E-state index in [0.29, 0.717) is 10.2 Å². The van der Waals surface area contributed by atoms with Crippen LogP contribution < -0.4 is 5.43 Å². The van der Waals surface area contributed by atoms with Crippen molar-refractivity contribution in [1.29, 1.82) is 0 Å². The van der Waals surface area contributed by atoms with Gasteiger partial charge < -0.3 is 0 Å². The monoisotopic (exact) mass is 330 g/mol. The maximum atomic E-state index is 11.0. The lowest BCUT2D eigenvalue weighted by molar-refractivity contribution is -0.384. The van der Waals surface area contributed by atoms with E-state index in [2.05, 4.69) is 15.5 Å². The summed E-state index contributed by atoms with van der Waals surface area (Å²) in [6.07, 6.45) is 1.28. The molecule has 0 unspecified atom stereocenters. The number of thiazole rings is 1. The first kappa shape index (κ1) is 14.7. The minimum absolute atomic E-state index is 0.0333. The second-order valence-electron chi connectivity index (χ2n) is 3.75. The number of benzene rings is 1. The van der Waals surface area contributed by atoms with E-state index in [9.17, 15) is 10.1 Å². The molecule has 0 aliphatic carbocycles. The molecule has 1 aromatic carbocycles. The third-order valence-corrected chi connectivity index (χ3v) is 3.59. The highest BCUT2D eigenvalue weighted by Gasteiger charge is 2.18. The first-order valence-corrected chi connectivity index (χ1v) is 6.95. The van der Waals surface area contributed by atoms with Gasteiger partial charge in [0.1, 0.15) is 5.02 Å². The number of nitrogens with zero attached hydrogens (tertiary/aromatic N) is 3. The molecule has 0 amide bonds. The van der Waals surface area contributed by atoms with Gasteiger partial charge >= 0.3 is 0 Å². The van der Waals surface area contributed by atoms with Crippen molar-refractivity contribution in [1.82, 2.24) is 4.98 Å². The highest BCUT2D eigenvalue weighted by Crippen LogP contribution is 2.31. The van der Waals surface area contributed by atoms with Gasteiger partial charge in [0.15, 0.2) is 0 Å². The lowest BCUT2D eigenvalue weighted by atomic mass is 10.2.